The van der Waals surface area contributed by atoms with E-state index in [2.05, 4.69) is 35.1 Å². The smallest absolute Gasteiger partial charge is 0.303 e. The van der Waals surface area contributed by atoms with Gasteiger partial charge in [0.05, 0.1) is 0 Å². The molecule has 0 amide bonds. The molecule has 0 unspecified atom stereocenters. The molecule has 0 aliphatic heterocycles. The van der Waals surface area contributed by atoms with Crippen LogP contribution >= 0.6 is 15.9 Å². The minimum Gasteiger partial charge on any atom is -0.492 e. The predicted molar refractivity (Wildman–Crippen MR) is 87.8 cm³/mol. The molecule has 0 aliphatic carbocycles. The zero-order valence-corrected chi connectivity index (χ0v) is 14.3. The zero-order chi connectivity index (χ0) is 15.7. The third kappa shape index (κ3) is 8.73. The number of benzene rings is 1. The Morgan fingerprint density at radius 2 is 1.90 bits per heavy atom. The first-order valence-electron chi connectivity index (χ1n) is 7.20. The summed E-state index contributed by atoms with van der Waals surface area (Å²) in [7, 11) is 0. The van der Waals surface area contributed by atoms with E-state index in [0.29, 0.717) is 13.0 Å². The van der Waals surface area contributed by atoms with Crippen molar-refractivity contribution in [1.29, 1.82) is 0 Å². The van der Waals surface area contributed by atoms with Crippen LogP contribution in [0.5, 0.6) is 5.75 Å². The number of hydrogen-bond donors (Lipinski definition) is 2. The zero-order valence-electron chi connectivity index (χ0n) is 12.7. The third-order valence-electron chi connectivity index (χ3n) is 3.36. The summed E-state index contributed by atoms with van der Waals surface area (Å²) in [6.07, 6.45) is 1.90. The molecule has 5 heteroatoms. The van der Waals surface area contributed by atoms with Crippen LogP contribution in [0.1, 0.15) is 33.1 Å². The minimum atomic E-state index is -0.723. The number of hydrogen-bond acceptors (Lipinski definition) is 3. The summed E-state index contributed by atoms with van der Waals surface area (Å²) >= 11 is 3.38. The van der Waals surface area contributed by atoms with Crippen molar-refractivity contribution < 1.29 is 14.6 Å². The lowest BCUT2D eigenvalue weighted by Crippen LogP contribution is -2.26. The number of carboxylic acid groups (broad SMARTS) is 1. The van der Waals surface area contributed by atoms with Gasteiger partial charge in [-0.1, -0.05) is 29.8 Å². The van der Waals surface area contributed by atoms with Crippen molar-refractivity contribution in [3.63, 3.8) is 0 Å². The van der Waals surface area contributed by atoms with Gasteiger partial charge in [-0.2, -0.15) is 0 Å². The lowest BCUT2D eigenvalue weighted by molar-refractivity contribution is -0.137. The topological polar surface area (TPSA) is 58.6 Å². The maximum atomic E-state index is 10.6. The second kappa shape index (κ2) is 9.05. The number of carboxylic acids is 1. The average molecular weight is 358 g/mol. The first-order chi connectivity index (χ1) is 9.89. The first kappa shape index (κ1) is 18.0. The molecule has 0 fully saturated rings. The number of nitrogens with one attached hydrogen (secondary N) is 1. The van der Waals surface area contributed by atoms with Gasteiger partial charge in [-0.05, 0) is 49.1 Å². The number of carbonyl (C=O) groups is 1. The fraction of sp³-hybridized carbons (Fsp3) is 0.562. The molecule has 0 saturated heterocycles. The van der Waals surface area contributed by atoms with Gasteiger partial charge in [-0.25, -0.2) is 0 Å². The van der Waals surface area contributed by atoms with E-state index in [1.54, 1.807) is 0 Å². The molecule has 0 heterocycles. The first-order valence-corrected chi connectivity index (χ1v) is 7.99. The van der Waals surface area contributed by atoms with E-state index in [4.69, 9.17) is 9.84 Å². The van der Waals surface area contributed by atoms with Crippen molar-refractivity contribution in [3.8, 4) is 5.75 Å². The summed E-state index contributed by atoms with van der Waals surface area (Å²) in [5, 5.41) is 12.0. The summed E-state index contributed by atoms with van der Waals surface area (Å²) in [5.41, 5.74) is 0.0535. The molecule has 118 valence electrons. The average Bonchev–Trinajstić information content (AvgIpc) is 2.42. The summed E-state index contributed by atoms with van der Waals surface area (Å²) in [6, 6.07) is 7.76. The third-order valence-corrected chi connectivity index (χ3v) is 3.88. The van der Waals surface area contributed by atoms with Gasteiger partial charge in [0.25, 0.3) is 0 Å². The molecular weight excluding hydrogens is 334 g/mol. The van der Waals surface area contributed by atoms with Crippen LogP contribution in [0, 0.1) is 5.41 Å². The van der Waals surface area contributed by atoms with Gasteiger partial charge in [0, 0.05) is 17.4 Å². The second-order valence-electron chi connectivity index (χ2n) is 5.86. The van der Waals surface area contributed by atoms with Crippen LogP contribution in [0.2, 0.25) is 0 Å². The Morgan fingerprint density at radius 1 is 1.24 bits per heavy atom. The Morgan fingerprint density at radius 3 is 2.52 bits per heavy atom. The molecule has 2 N–H and O–H groups in total. The molecule has 0 saturated carbocycles. The Kier molecular flexibility index (Phi) is 7.75. The van der Waals surface area contributed by atoms with Gasteiger partial charge >= 0.3 is 5.97 Å². The normalized spacial score (nSPS) is 11.4. The van der Waals surface area contributed by atoms with Crippen LogP contribution in [0.25, 0.3) is 0 Å². The Labute approximate surface area is 135 Å². The van der Waals surface area contributed by atoms with Crippen LogP contribution < -0.4 is 10.1 Å². The summed E-state index contributed by atoms with van der Waals surface area (Å²) in [4.78, 5) is 10.6. The highest BCUT2D eigenvalue weighted by molar-refractivity contribution is 9.10. The highest BCUT2D eigenvalue weighted by Crippen LogP contribution is 2.25. The molecule has 1 aromatic carbocycles. The number of aliphatic carboxylic acids is 1. The van der Waals surface area contributed by atoms with Crippen LogP contribution in [-0.4, -0.2) is 30.8 Å². The fourth-order valence-corrected chi connectivity index (χ4v) is 2.16. The Balaban J connectivity index is 2.08. The fourth-order valence-electron chi connectivity index (χ4n) is 1.89. The Bertz CT molecular complexity index is 432. The van der Waals surface area contributed by atoms with Crippen LogP contribution in [0.4, 0.5) is 0 Å². The van der Waals surface area contributed by atoms with Crippen molar-refractivity contribution in [2.45, 2.75) is 33.1 Å². The van der Waals surface area contributed by atoms with E-state index in [1.165, 1.54) is 0 Å². The molecule has 1 rings (SSSR count). The van der Waals surface area contributed by atoms with Crippen molar-refractivity contribution in [1.82, 2.24) is 5.32 Å². The largest absolute Gasteiger partial charge is 0.492 e. The van der Waals surface area contributed by atoms with Crippen molar-refractivity contribution in [2.24, 2.45) is 5.41 Å². The summed E-state index contributed by atoms with van der Waals surface area (Å²) in [5.74, 6) is 0.140. The predicted octanol–water partition coefficient (Wildman–Crippen LogP) is 3.70. The monoisotopic (exact) mass is 357 g/mol. The van der Waals surface area contributed by atoms with E-state index in [-0.39, 0.29) is 11.8 Å². The second-order valence-corrected chi connectivity index (χ2v) is 6.78. The molecule has 0 bridgehead atoms. The number of halogens is 1. The number of rotatable bonds is 10. The van der Waals surface area contributed by atoms with Gasteiger partial charge in [0.15, 0.2) is 0 Å². The lowest BCUT2D eigenvalue weighted by Gasteiger charge is -2.23. The van der Waals surface area contributed by atoms with Gasteiger partial charge in [0.1, 0.15) is 12.4 Å². The summed E-state index contributed by atoms with van der Waals surface area (Å²) < 4.78 is 6.65. The Hall–Kier alpha value is -1.07. The van der Waals surface area contributed by atoms with E-state index in [1.807, 2.05) is 24.3 Å². The van der Waals surface area contributed by atoms with E-state index in [0.717, 1.165) is 29.7 Å². The SMILES string of the molecule is CC(C)(CCNCCOc1ccc(Br)cc1)CCC(=O)O. The van der Waals surface area contributed by atoms with Crippen molar-refractivity contribution >= 4 is 21.9 Å². The molecule has 0 spiro atoms. The molecule has 21 heavy (non-hydrogen) atoms. The molecule has 0 radical (unpaired) electrons. The van der Waals surface area contributed by atoms with Crippen LogP contribution in [-0.2, 0) is 4.79 Å². The van der Waals surface area contributed by atoms with Crippen LogP contribution in [0.3, 0.4) is 0 Å². The molecule has 0 atom stereocenters. The molecular formula is C16H24BrNO3. The maximum Gasteiger partial charge on any atom is 0.303 e. The van der Waals surface area contributed by atoms with Crippen molar-refractivity contribution in [2.75, 3.05) is 19.7 Å². The van der Waals surface area contributed by atoms with E-state index in [9.17, 15) is 4.79 Å². The van der Waals surface area contributed by atoms with Gasteiger partial charge in [-0.3, -0.25) is 4.79 Å². The molecule has 4 nitrogen and oxygen atoms in total. The molecule has 0 aromatic heterocycles. The van der Waals surface area contributed by atoms with Gasteiger partial charge < -0.3 is 15.2 Å². The number of ether oxygens (including phenoxy) is 1. The standard InChI is InChI=1S/C16H24BrNO3/c1-16(2,8-7-15(19)20)9-10-18-11-12-21-14-5-3-13(17)4-6-14/h3-6,18H,7-12H2,1-2H3,(H,19,20). The minimum absolute atomic E-state index is 0.0535. The highest BCUT2D eigenvalue weighted by atomic mass is 79.9. The maximum absolute atomic E-state index is 10.6. The highest BCUT2D eigenvalue weighted by Gasteiger charge is 2.18. The van der Waals surface area contributed by atoms with Crippen LogP contribution in [0.15, 0.2) is 28.7 Å². The molecule has 0 aliphatic rings. The van der Waals surface area contributed by atoms with E-state index >= 15 is 0 Å². The summed E-state index contributed by atoms with van der Waals surface area (Å²) in [6.45, 7) is 6.49. The van der Waals surface area contributed by atoms with Gasteiger partial charge in [-0.15, -0.1) is 0 Å². The molecule has 1 aromatic rings. The van der Waals surface area contributed by atoms with Gasteiger partial charge in [0.2, 0.25) is 0 Å². The van der Waals surface area contributed by atoms with Crippen molar-refractivity contribution in [3.05, 3.63) is 28.7 Å². The quantitative estimate of drug-likeness (QED) is 0.626. The van der Waals surface area contributed by atoms with E-state index < -0.39 is 5.97 Å². The lowest BCUT2D eigenvalue weighted by atomic mass is 9.84.